The van der Waals surface area contributed by atoms with Crippen molar-refractivity contribution in [2.75, 3.05) is 6.61 Å². The molecule has 0 fully saturated rings. The van der Waals surface area contributed by atoms with Crippen molar-refractivity contribution >= 4 is 17.8 Å². The van der Waals surface area contributed by atoms with Crippen molar-refractivity contribution in [3.05, 3.63) is 63.2 Å². The number of benzene rings is 2. The molecule has 2 rings (SSSR count). The van der Waals surface area contributed by atoms with Crippen molar-refractivity contribution in [3.8, 4) is 11.5 Å². The molecular formula is C17H17N3O5. The third-order valence-corrected chi connectivity index (χ3v) is 3.32. The number of aromatic hydroxyl groups is 1. The summed E-state index contributed by atoms with van der Waals surface area (Å²) < 4.78 is 5.26. The first-order valence-corrected chi connectivity index (χ1v) is 7.46. The molecule has 2 aromatic carbocycles. The van der Waals surface area contributed by atoms with Crippen LogP contribution in [0.1, 0.15) is 28.4 Å². The SMILES string of the molecule is CCOc1cc(C=NNC(=O)c2ccc([N+](=O)[O-])c(C)c2)ccc1O. The number of aryl methyl sites for hydroxylation is 1. The van der Waals surface area contributed by atoms with E-state index in [0.717, 1.165) is 0 Å². The minimum Gasteiger partial charge on any atom is -0.504 e. The zero-order chi connectivity index (χ0) is 18.4. The Morgan fingerprint density at radius 1 is 1.36 bits per heavy atom. The number of nitrogens with zero attached hydrogens (tertiary/aromatic N) is 2. The van der Waals surface area contributed by atoms with Crippen LogP contribution >= 0.6 is 0 Å². The number of phenolic OH excluding ortho intramolecular Hbond substituents is 1. The molecule has 0 aliphatic carbocycles. The van der Waals surface area contributed by atoms with Crippen molar-refractivity contribution in [3.63, 3.8) is 0 Å². The van der Waals surface area contributed by atoms with E-state index in [2.05, 4.69) is 10.5 Å². The highest BCUT2D eigenvalue weighted by Crippen LogP contribution is 2.26. The molecule has 0 bridgehead atoms. The molecule has 1 amide bonds. The van der Waals surface area contributed by atoms with Crippen molar-refractivity contribution < 1.29 is 19.6 Å². The zero-order valence-corrected chi connectivity index (χ0v) is 13.7. The van der Waals surface area contributed by atoms with Crippen LogP contribution in [0.15, 0.2) is 41.5 Å². The van der Waals surface area contributed by atoms with Gasteiger partial charge in [0, 0.05) is 17.2 Å². The number of carbonyl (C=O) groups is 1. The predicted molar refractivity (Wildman–Crippen MR) is 92.2 cm³/mol. The molecule has 0 saturated heterocycles. The average molecular weight is 343 g/mol. The minimum absolute atomic E-state index is 0.0180. The van der Waals surface area contributed by atoms with Gasteiger partial charge in [-0.3, -0.25) is 14.9 Å². The second kappa shape index (κ2) is 7.91. The van der Waals surface area contributed by atoms with Crippen molar-refractivity contribution in [1.82, 2.24) is 5.43 Å². The number of nitro benzene ring substituents is 1. The van der Waals surface area contributed by atoms with E-state index in [9.17, 15) is 20.0 Å². The van der Waals surface area contributed by atoms with Gasteiger partial charge >= 0.3 is 0 Å². The molecule has 0 spiro atoms. The van der Waals surface area contributed by atoms with Crippen LogP contribution in [0.3, 0.4) is 0 Å². The Bertz CT molecular complexity index is 833. The highest BCUT2D eigenvalue weighted by molar-refractivity contribution is 5.95. The molecule has 8 heteroatoms. The summed E-state index contributed by atoms with van der Waals surface area (Å²) in [4.78, 5) is 22.3. The van der Waals surface area contributed by atoms with Crippen LogP contribution in [0.5, 0.6) is 11.5 Å². The Morgan fingerprint density at radius 3 is 2.76 bits per heavy atom. The quantitative estimate of drug-likeness (QED) is 0.475. The van der Waals surface area contributed by atoms with Gasteiger partial charge in [-0.25, -0.2) is 5.43 Å². The lowest BCUT2D eigenvalue weighted by Gasteiger charge is -2.06. The van der Waals surface area contributed by atoms with Crippen LogP contribution in [-0.2, 0) is 0 Å². The van der Waals surface area contributed by atoms with Gasteiger partial charge in [-0.1, -0.05) is 0 Å². The van der Waals surface area contributed by atoms with Crippen molar-refractivity contribution in [2.24, 2.45) is 5.10 Å². The number of ether oxygens (including phenoxy) is 1. The van der Waals surface area contributed by atoms with Crippen LogP contribution in [0, 0.1) is 17.0 Å². The number of hydrazone groups is 1. The summed E-state index contributed by atoms with van der Waals surface area (Å²) in [6, 6.07) is 8.74. The molecule has 2 N–H and O–H groups in total. The molecule has 130 valence electrons. The maximum Gasteiger partial charge on any atom is 0.272 e. The summed E-state index contributed by atoms with van der Waals surface area (Å²) in [5.74, 6) is -0.147. The molecule has 2 aromatic rings. The summed E-state index contributed by atoms with van der Waals surface area (Å²) in [5, 5.41) is 24.3. The number of hydrogen-bond acceptors (Lipinski definition) is 6. The first-order chi connectivity index (χ1) is 11.9. The number of hydrogen-bond donors (Lipinski definition) is 2. The Labute approximate surface area is 143 Å². The van der Waals surface area contributed by atoms with Gasteiger partial charge in [-0.15, -0.1) is 0 Å². The van der Waals surface area contributed by atoms with Crippen LogP contribution in [0.2, 0.25) is 0 Å². The Balaban J connectivity index is 2.07. The van der Waals surface area contributed by atoms with Gasteiger partial charge < -0.3 is 9.84 Å². The standard InChI is InChI=1S/C17H17N3O5/c1-3-25-16-9-12(4-7-15(16)21)10-18-19-17(22)13-5-6-14(20(23)24)11(2)8-13/h4-10,21H,3H2,1-2H3,(H,19,22). The van der Waals surface area contributed by atoms with Crippen molar-refractivity contribution in [2.45, 2.75) is 13.8 Å². The van der Waals surface area contributed by atoms with Crippen LogP contribution in [0.4, 0.5) is 5.69 Å². The third kappa shape index (κ3) is 4.54. The van der Waals surface area contributed by atoms with Gasteiger partial charge in [-0.05, 0) is 49.7 Å². The molecule has 0 saturated carbocycles. The summed E-state index contributed by atoms with van der Waals surface area (Å²) in [6.45, 7) is 3.76. The zero-order valence-electron chi connectivity index (χ0n) is 13.7. The second-order valence-electron chi connectivity index (χ2n) is 5.12. The summed E-state index contributed by atoms with van der Waals surface area (Å²) >= 11 is 0. The average Bonchev–Trinajstić information content (AvgIpc) is 2.57. The molecule has 0 radical (unpaired) electrons. The summed E-state index contributed by atoms with van der Waals surface area (Å²) in [5.41, 5.74) is 3.58. The van der Waals surface area contributed by atoms with E-state index in [0.29, 0.717) is 23.5 Å². The Morgan fingerprint density at radius 2 is 2.12 bits per heavy atom. The molecule has 0 aliphatic rings. The fraction of sp³-hybridized carbons (Fsp3) is 0.176. The highest BCUT2D eigenvalue weighted by Gasteiger charge is 2.13. The molecule has 25 heavy (non-hydrogen) atoms. The van der Waals surface area contributed by atoms with Gasteiger partial charge in [0.05, 0.1) is 17.7 Å². The molecule has 0 unspecified atom stereocenters. The predicted octanol–water partition coefficient (Wildman–Crippen LogP) is 2.77. The summed E-state index contributed by atoms with van der Waals surface area (Å²) in [7, 11) is 0. The van der Waals surface area contributed by atoms with Gasteiger partial charge in [0.2, 0.25) is 0 Å². The summed E-state index contributed by atoms with van der Waals surface area (Å²) in [6.07, 6.45) is 1.40. The van der Waals surface area contributed by atoms with E-state index >= 15 is 0 Å². The molecule has 0 atom stereocenters. The van der Waals surface area contributed by atoms with E-state index in [1.54, 1.807) is 26.0 Å². The van der Waals surface area contributed by atoms with E-state index in [4.69, 9.17) is 4.74 Å². The fourth-order valence-corrected chi connectivity index (χ4v) is 2.11. The maximum absolute atomic E-state index is 12.0. The number of nitrogens with one attached hydrogen (secondary N) is 1. The van der Waals surface area contributed by atoms with E-state index in [1.165, 1.54) is 30.5 Å². The monoisotopic (exact) mass is 343 g/mol. The minimum atomic E-state index is -0.504. The van der Waals surface area contributed by atoms with Gasteiger partial charge in [0.25, 0.3) is 11.6 Å². The van der Waals surface area contributed by atoms with Crippen LogP contribution in [0.25, 0.3) is 0 Å². The Hall–Kier alpha value is -3.42. The maximum atomic E-state index is 12.0. The van der Waals surface area contributed by atoms with Crippen molar-refractivity contribution in [1.29, 1.82) is 0 Å². The highest BCUT2D eigenvalue weighted by atomic mass is 16.6. The van der Waals surface area contributed by atoms with Crippen LogP contribution < -0.4 is 10.2 Å². The molecule has 0 aromatic heterocycles. The molecule has 0 aliphatic heterocycles. The molecular weight excluding hydrogens is 326 g/mol. The van der Waals surface area contributed by atoms with E-state index in [1.807, 2.05) is 0 Å². The topological polar surface area (TPSA) is 114 Å². The molecule has 0 heterocycles. The van der Waals surface area contributed by atoms with E-state index in [-0.39, 0.29) is 17.0 Å². The fourth-order valence-electron chi connectivity index (χ4n) is 2.11. The number of nitro groups is 1. The third-order valence-electron chi connectivity index (χ3n) is 3.32. The second-order valence-corrected chi connectivity index (χ2v) is 5.12. The first kappa shape index (κ1) is 17.9. The number of amides is 1. The van der Waals surface area contributed by atoms with Gasteiger partial charge in [0.1, 0.15) is 0 Å². The van der Waals surface area contributed by atoms with Gasteiger partial charge in [-0.2, -0.15) is 5.10 Å². The number of rotatable bonds is 6. The Kier molecular flexibility index (Phi) is 5.67. The largest absolute Gasteiger partial charge is 0.504 e. The lowest BCUT2D eigenvalue weighted by molar-refractivity contribution is -0.385. The number of phenols is 1. The normalized spacial score (nSPS) is 10.6. The van der Waals surface area contributed by atoms with Gasteiger partial charge in [0.15, 0.2) is 11.5 Å². The lowest BCUT2D eigenvalue weighted by atomic mass is 10.1. The van der Waals surface area contributed by atoms with E-state index < -0.39 is 10.8 Å². The smallest absolute Gasteiger partial charge is 0.272 e. The number of carbonyl (C=O) groups excluding carboxylic acids is 1. The first-order valence-electron chi connectivity index (χ1n) is 7.46. The molecule has 8 nitrogen and oxygen atoms in total. The lowest BCUT2D eigenvalue weighted by Crippen LogP contribution is -2.17. The van der Waals surface area contributed by atoms with Crippen LogP contribution in [-0.4, -0.2) is 28.8 Å².